The van der Waals surface area contributed by atoms with Crippen molar-refractivity contribution in [1.29, 1.82) is 0 Å². The largest absolute Gasteiger partial charge is 0.339 e. The van der Waals surface area contributed by atoms with Crippen molar-refractivity contribution in [2.24, 2.45) is 0 Å². The molecule has 3 aromatic rings. The van der Waals surface area contributed by atoms with Crippen molar-refractivity contribution in [2.45, 2.75) is 26.1 Å². The Hall–Kier alpha value is -3.07. The highest BCUT2D eigenvalue weighted by atomic mass is 16.5. The molecule has 2 N–H and O–H groups in total. The van der Waals surface area contributed by atoms with Crippen molar-refractivity contribution < 1.29 is 9.32 Å². The van der Waals surface area contributed by atoms with Gasteiger partial charge in [0.1, 0.15) is 17.6 Å². The monoisotopic (exact) mass is 339 g/mol. The van der Waals surface area contributed by atoms with E-state index in [0.29, 0.717) is 24.0 Å². The SMILES string of the molecule is C[C@H](NC(=O)c1cn2c(n1)CNCC2)c1nc(-c2cccnc2)no1. The molecule has 0 fully saturated rings. The zero-order chi connectivity index (χ0) is 17.2. The van der Waals surface area contributed by atoms with Crippen molar-refractivity contribution >= 4 is 5.91 Å². The highest BCUT2D eigenvalue weighted by Gasteiger charge is 2.21. The van der Waals surface area contributed by atoms with Crippen LogP contribution in [-0.4, -0.2) is 37.1 Å². The summed E-state index contributed by atoms with van der Waals surface area (Å²) in [6.45, 7) is 4.14. The van der Waals surface area contributed by atoms with Crippen LogP contribution in [0.2, 0.25) is 0 Å². The number of hydrogen-bond acceptors (Lipinski definition) is 7. The molecule has 9 heteroatoms. The third kappa shape index (κ3) is 3.13. The number of nitrogens with zero attached hydrogens (tertiary/aromatic N) is 5. The van der Waals surface area contributed by atoms with Crippen LogP contribution < -0.4 is 10.6 Å². The van der Waals surface area contributed by atoms with Gasteiger partial charge in [-0.3, -0.25) is 9.78 Å². The van der Waals surface area contributed by atoms with E-state index in [2.05, 4.69) is 30.7 Å². The fraction of sp³-hybridized carbons (Fsp3) is 0.312. The Morgan fingerprint density at radius 3 is 3.16 bits per heavy atom. The smallest absolute Gasteiger partial charge is 0.272 e. The maximum Gasteiger partial charge on any atom is 0.272 e. The topological polar surface area (TPSA) is 111 Å². The standard InChI is InChI=1S/C16H17N7O2/c1-10(16-21-14(22-25-16)11-3-2-4-17-7-11)19-15(24)12-9-23-6-5-18-8-13(23)20-12/h2-4,7,9-10,18H,5-6,8H2,1H3,(H,19,24)/t10-/m0/s1. The Bertz CT molecular complexity index is 864. The highest BCUT2D eigenvalue weighted by molar-refractivity contribution is 5.92. The van der Waals surface area contributed by atoms with Gasteiger partial charge in [0.05, 0.1) is 6.54 Å². The highest BCUT2D eigenvalue weighted by Crippen LogP contribution is 2.18. The van der Waals surface area contributed by atoms with E-state index in [0.717, 1.165) is 24.5 Å². The molecule has 3 aromatic heterocycles. The third-order valence-corrected chi connectivity index (χ3v) is 3.98. The molecule has 4 rings (SSSR count). The molecule has 1 amide bonds. The summed E-state index contributed by atoms with van der Waals surface area (Å²) < 4.78 is 7.25. The molecule has 0 unspecified atom stereocenters. The number of imidazole rings is 1. The predicted octanol–water partition coefficient (Wildman–Crippen LogP) is 0.922. The summed E-state index contributed by atoms with van der Waals surface area (Å²) in [6.07, 6.45) is 5.10. The molecule has 1 atom stereocenters. The van der Waals surface area contributed by atoms with Crippen LogP contribution in [0.4, 0.5) is 0 Å². The Morgan fingerprint density at radius 1 is 1.44 bits per heavy atom. The van der Waals surface area contributed by atoms with E-state index in [4.69, 9.17) is 4.52 Å². The van der Waals surface area contributed by atoms with E-state index in [9.17, 15) is 4.79 Å². The molecule has 128 valence electrons. The normalized spacial score (nSPS) is 14.8. The molecule has 1 aliphatic rings. The predicted molar refractivity (Wildman–Crippen MR) is 87.3 cm³/mol. The summed E-state index contributed by atoms with van der Waals surface area (Å²) in [5.74, 6) is 1.36. The molecular formula is C16H17N7O2. The van der Waals surface area contributed by atoms with Gasteiger partial charge in [-0.15, -0.1) is 0 Å². The minimum Gasteiger partial charge on any atom is -0.339 e. The van der Waals surface area contributed by atoms with Crippen molar-refractivity contribution in [2.75, 3.05) is 6.54 Å². The zero-order valence-electron chi connectivity index (χ0n) is 13.6. The molecule has 0 bridgehead atoms. The van der Waals surface area contributed by atoms with Gasteiger partial charge >= 0.3 is 0 Å². The van der Waals surface area contributed by atoms with E-state index in [1.807, 2.05) is 10.6 Å². The molecule has 1 aliphatic heterocycles. The maximum absolute atomic E-state index is 12.4. The summed E-state index contributed by atoms with van der Waals surface area (Å²) in [5, 5.41) is 10.00. The molecule has 0 saturated heterocycles. The van der Waals surface area contributed by atoms with Gasteiger partial charge in [-0.1, -0.05) is 5.16 Å². The van der Waals surface area contributed by atoms with Crippen LogP contribution >= 0.6 is 0 Å². The van der Waals surface area contributed by atoms with E-state index < -0.39 is 6.04 Å². The lowest BCUT2D eigenvalue weighted by molar-refractivity contribution is 0.0927. The number of pyridine rings is 1. The van der Waals surface area contributed by atoms with Crippen LogP contribution in [0, 0.1) is 0 Å². The van der Waals surface area contributed by atoms with E-state index in [1.165, 1.54) is 0 Å². The van der Waals surface area contributed by atoms with Gasteiger partial charge in [0.15, 0.2) is 0 Å². The van der Waals surface area contributed by atoms with Crippen LogP contribution in [0.3, 0.4) is 0 Å². The Kier molecular flexibility index (Phi) is 3.98. The molecule has 0 aliphatic carbocycles. The van der Waals surface area contributed by atoms with Gasteiger partial charge in [-0.25, -0.2) is 4.98 Å². The van der Waals surface area contributed by atoms with Gasteiger partial charge < -0.3 is 19.7 Å². The fourth-order valence-corrected chi connectivity index (χ4v) is 2.65. The van der Waals surface area contributed by atoms with Crippen molar-refractivity contribution in [3.63, 3.8) is 0 Å². The van der Waals surface area contributed by atoms with Gasteiger partial charge in [0.2, 0.25) is 11.7 Å². The Balaban J connectivity index is 1.46. The van der Waals surface area contributed by atoms with Crippen LogP contribution in [0.1, 0.15) is 35.2 Å². The second kappa shape index (κ2) is 6.44. The number of carbonyl (C=O) groups excluding carboxylic acids is 1. The second-order valence-electron chi connectivity index (χ2n) is 5.81. The quantitative estimate of drug-likeness (QED) is 0.727. The van der Waals surface area contributed by atoms with Crippen LogP contribution in [-0.2, 0) is 13.1 Å². The van der Waals surface area contributed by atoms with Crippen molar-refractivity contribution in [3.05, 3.63) is 48.1 Å². The molecule has 0 saturated carbocycles. The summed E-state index contributed by atoms with van der Waals surface area (Å²) in [6, 6.07) is 3.21. The second-order valence-corrected chi connectivity index (χ2v) is 5.81. The van der Waals surface area contributed by atoms with Crippen LogP contribution in [0.15, 0.2) is 35.2 Å². The van der Waals surface area contributed by atoms with Gasteiger partial charge in [-0.05, 0) is 19.1 Å². The number of rotatable bonds is 4. The lowest BCUT2D eigenvalue weighted by atomic mass is 10.2. The Morgan fingerprint density at radius 2 is 2.36 bits per heavy atom. The molecule has 0 spiro atoms. The Labute approximate surface area is 143 Å². The van der Waals surface area contributed by atoms with Gasteiger partial charge in [0.25, 0.3) is 5.91 Å². The number of hydrogen-bond donors (Lipinski definition) is 2. The van der Waals surface area contributed by atoms with Gasteiger partial charge in [0, 0.05) is 37.2 Å². The lowest BCUT2D eigenvalue weighted by Gasteiger charge is -2.13. The first-order valence-electron chi connectivity index (χ1n) is 8.02. The maximum atomic E-state index is 12.4. The first-order valence-corrected chi connectivity index (χ1v) is 8.02. The van der Waals surface area contributed by atoms with Crippen molar-refractivity contribution in [3.8, 4) is 11.4 Å². The molecular weight excluding hydrogens is 322 g/mol. The summed E-state index contributed by atoms with van der Waals surface area (Å²) >= 11 is 0. The average Bonchev–Trinajstić information content (AvgIpc) is 3.29. The molecule has 25 heavy (non-hydrogen) atoms. The molecule has 0 aromatic carbocycles. The summed E-state index contributed by atoms with van der Waals surface area (Å²) in [7, 11) is 0. The van der Waals surface area contributed by atoms with Crippen molar-refractivity contribution in [1.82, 2.24) is 35.3 Å². The number of fused-ring (bicyclic) bond motifs is 1. The molecule has 4 heterocycles. The molecule has 0 radical (unpaired) electrons. The van der Waals surface area contributed by atoms with E-state index in [-0.39, 0.29) is 5.91 Å². The number of nitrogens with one attached hydrogen (secondary N) is 2. The zero-order valence-corrected chi connectivity index (χ0v) is 13.6. The first-order chi connectivity index (χ1) is 12.2. The summed E-state index contributed by atoms with van der Waals surface area (Å²) in [5.41, 5.74) is 1.14. The minimum absolute atomic E-state index is 0.268. The van der Waals surface area contributed by atoms with Gasteiger partial charge in [-0.2, -0.15) is 4.98 Å². The first kappa shape index (κ1) is 15.5. The molecule has 9 nitrogen and oxygen atoms in total. The average molecular weight is 339 g/mol. The van der Waals surface area contributed by atoms with Crippen LogP contribution in [0.25, 0.3) is 11.4 Å². The van der Waals surface area contributed by atoms with E-state index in [1.54, 1.807) is 31.6 Å². The fourth-order valence-electron chi connectivity index (χ4n) is 2.65. The van der Waals surface area contributed by atoms with E-state index >= 15 is 0 Å². The minimum atomic E-state index is -0.428. The number of aromatic nitrogens is 5. The van der Waals surface area contributed by atoms with Crippen LogP contribution in [0.5, 0.6) is 0 Å². The third-order valence-electron chi connectivity index (χ3n) is 3.98. The number of carbonyl (C=O) groups is 1. The summed E-state index contributed by atoms with van der Waals surface area (Å²) in [4.78, 5) is 25.1. The lowest BCUT2D eigenvalue weighted by Crippen LogP contribution is -2.27. The number of amides is 1.